The zero-order valence-electron chi connectivity index (χ0n) is 6.20. The van der Waals surface area contributed by atoms with Gasteiger partial charge in [0.15, 0.2) is 5.15 Å². The van der Waals surface area contributed by atoms with Gasteiger partial charge in [-0.2, -0.15) is 0 Å². The van der Waals surface area contributed by atoms with E-state index in [9.17, 15) is 0 Å². The summed E-state index contributed by atoms with van der Waals surface area (Å²) in [7, 11) is 0. The lowest BCUT2D eigenvalue weighted by Crippen LogP contribution is -1.97. The lowest BCUT2D eigenvalue weighted by atomic mass is 10.4. The summed E-state index contributed by atoms with van der Waals surface area (Å²) in [6.45, 7) is 0. The van der Waals surface area contributed by atoms with Gasteiger partial charge in [0, 0.05) is 0 Å². The highest BCUT2D eigenvalue weighted by Crippen LogP contribution is 2.19. The van der Waals surface area contributed by atoms with Crippen LogP contribution in [0.1, 0.15) is 0 Å². The molecule has 0 unspecified atom stereocenters. The van der Waals surface area contributed by atoms with E-state index in [4.69, 9.17) is 28.9 Å². The predicted molar refractivity (Wildman–Crippen MR) is 49.6 cm³/mol. The molecule has 0 amide bonds. The molecule has 0 bridgehead atoms. The van der Waals surface area contributed by atoms with Gasteiger partial charge in [0.25, 0.3) is 0 Å². The van der Waals surface area contributed by atoms with Gasteiger partial charge in [-0.15, -0.1) is 0 Å². The molecule has 0 saturated heterocycles. The second kappa shape index (κ2) is 2.93. The van der Waals surface area contributed by atoms with Crippen LogP contribution in [0.25, 0.3) is 11.0 Å². The van der Waals surface area contributed by atoms with E-state index in [-0.39, 0.29) is 16.4 Å². The van der Waals surface area contributed by atoms with Gasteiger partial charge in [-0.05, 0) is 11.6 Å². The van der Waals surface area contributed by atoms with E-state index in [0.29, 0.717) is 11.0 Å². The molecular weight excluding hydrogens is 213 g/mol. The van der Waals surface area contributed by atoms with Crippen LogP contribution < -0.4 is 5.73 Å². The largest absolute Gasteiger partial charge is 0.368 e. The molecule has 0 radical (unpaired) electrons. The fourth-order valence-electron chi connectivity index (χ4n) is 0.881. The number of aromatic nitrogens is 4. The molecule has 0 aliphatic rings. The maximum absolute atomic E-state index is 5.75. The summed E-state index contributed by atoms with van der Waals surface area (Å²) in [5.74, 6) is 0.125. The van der Waals surface area contributed by atoms with Gasteiger partial charge in [-0.25, -0.2) is 19.9 Å². The van der Waals surface area contributed by atoms with Crippen molar-refractivity contribution in [1.82, 2.24) is 19.9 Å². The third-order valence-electron chi connectivity index (χ3n) is 1.39. The number of nitrogens with two attached hydrogens (primary N) is 1. The normalized spacial score (nSPS) is 10.6. The molecule has 13 heavy (non-hydrogen) atoms. The standard InChI is InChI=1S/C6H3Cl2N5/c7-4-3-2(11-5(8)13-4)1-10-6(9)12-3/h1H,(H2,9,10,12). The third kappa shape index (κ3) is 1.48. The number of nitrogens with zero attached hydrogens (tertiary/aromatic N) is 4. The van der Waals surface area contributed by atoms with Crippen molar-refractivity contribution in [3.8, 4) is 0 Å². The van der Waals surface area contributed by atoms with Crippen molar-refractivity contribution in [3.63, 3.8) is 0 Å². The molecular formula is C6H3Cl2N5. The van der Waals surface area contributed by atoms with Gasteiger partial charge in [0.2, 0.25) is 11.2 Å². The molecule has 0 atom stereocenters. The van der Waals surface area contributed by atoms with E-state index in [1.165, 1.54) is 6.20 Å². The molecule has 7 heteroatoms. The molecule has 5 nitrogen and oxygen atoms in total. The van der Waals surface area contributed by atoms with Crippen LogP contribution >= 0.6 is 23.2 Å². The minimum Gasteiger partial charge on any atom is -0.368 e. The first-order chi connectivity index (χ1) is 6.16. The van der Waals surface area contributed by atoms with E-state index in [1.807, 2.05) is 0 Å². The minimum atomic E-state index is 0.0610. The second-order valence-electron chi connectivity index (χ2n) is 2.25. The molecule has 0 aliphatic carbocycles. The lowest BCUT2D eigenvalue weighted by molar-refractivity contribution is 1.16. The molecule has 0 spiro atoms. The molecule has 66 valence electrons. The Bertz CT molecular complexity index is 472. The van der Waals surface area contributed by atoms with Crippen LogP contribution in [0.3, 0.4) is 0 Å². The highest BCUT2D eigenvalue weighted by atomic mass is 35.5. The van der Waals surface area contributed by atoms with Crippen molar-refractivity contribution in [2.75, 3.05) is 5.73 Å². The van der Waals surface area contributed by atoms with Crippen LogP contribution in [-0.4, -0.2) is 19.9 Å². The van der Waals surface area contributed by atoms with Crippen LogP contribution in [0, 0.1) is 0 Å². The number of fused-ring (bicyclic) bond motifs is 1. The summed E-state index contributed by atoms with van der Waals surface area (Å²) in [5, 5.41) is 0.231. The fourth-order valence-corrected chi connectivity index (χ4v) is 1.32. The molecule has 0 aromatic carbocycles. The lowest BCUT2D eigenvalue weighted by Gasteiger charge is -1.98. The topological polar surface area (TPSA) is 77.6 Å². The number of hydrogen-bond donors (Lipinski definition) is 1. The summed E-state index contributed by atoms with van der Waals surface area (Å²) < 4.78 is 0. The van der Waals surface area contributed by atoms with Gasteiger partial charge in [0.05, 0.1) is 6.20 Å². The third-order valence-corrected chi connectivity index (χ3v) is 1.82. The maximum atomic E-state index is 5.75. The Morgan fingerprint density at radius 3 is 2.69 bits per heavy atom. The molecule has 2 aromatic heterocycles. The Morgan fingerprint density at radius 2 is 1.92 bits per heavy atom. The van der Waals surface area contributed by atoms with E-state index in [2.05, 4.69) is 19.9 Å². The number of nitrogen functional groups attached to an aromatic ring is 1. The summed E-state index contributed by atoms with van der Waals surface area (Å²) >= 11 is 11.3. The smallest absolute Gasteiger partial charge is 0.224 e. The van der Waals surface area contributed by atoms with Gasteiger partial charge in [-0.3, -0.25) is 0 Å². The first-order valence-electron chi connectivity index (χ1n) is 3.28. The molecule has 0 saturated carbocycles. The summed E-state index contributed by atoms with van der Waals surface area (Å²) in [6, 6.07) is 0. The average molecular weight is 216 g/mol. The van der Waals surface area contributed by atoms with Crippen LogP contribution in [0.4, 0.5) is 5.95 Å². The zero-order chi connectivity index (χ0) is 9.42. The first kappa shape index (κ1) is 8.40. The van der Waals surface area contributed by atoms with E-state index in [0.717, 1.165) is 0 Å². The Morgan fingerprint density at radius 1 is 1.15 bits per heavy atom. The summed E-state index contributed by atoms with van der Waals surface area (Å²) in [5.41, 5.74) is 6.23. The van der Waals surface area contributed by atoms with Crippen LogP contribution in [0.5, 0.6) is 0 Å². The quantitative estimate of drug-likeness (QED) is 0.530. The second-order valence-corrected chi connectivity index (χ2v) is 2.94. The van der Waals surface area contributed by atoms with Crippen molar-refractivity contribution in [2.24, 2.45) is 0 Å². The van der Waals surface area contributed by atoms with Gasteiger partial charge >= 0.3 is 0 Å². The monoisotopic (exact) mass is 215 g/mol. The van der Waals surface area contributed by atoms with Gasteiger partial charge in [0.1, 0.15) is 11.0 Å². The van der Waals surface area contributed by atoms with E-state index in [1.54, 1.807) is 0 Å². The molecule has 0 aliphatic heterocycles. The predicted octanol–water partition coefficient (Wildman–Crippen LogP) is 1.31. The fraction of sp³-hybridized carbons (Fsp3) is 0. The highest BCUT2D eigenvalue weighted by Gasteiger charge is 2.06. The van der Waals surface area contributed by atoms with Crippen molar-refractivity contribution in [2.45, 2.75) is 0 Å². The molecule has 0 fully saturated rings. The number of rotatable bonds is 0. The Hall–Kier alpha value is -1.20. The highest BCUT2D eigenvalue weighted by molar-refractivity contribution is 6.35. The maximum Gasteiger partial charge on any atom is 0.224 e. The number of hydrogen-bond acceptors (Lipinski definition) is 5. The SMILES string of the molecule is Nc1ncc2nc(Cl)nc(Cl)c2n1. The molecule has 2 rings (SSSR count). The van der Waals surface area contributed by atoms with Crippen LogP contribution in [0.2, 0.25) is 10.4 Å². The van der Waals surface area contributed by atoms with Crippen LogP contribution in [-0.2, 0) is 0 Å². The minimum absolute atomic E-state index is 0.0610. The van der Waals surface area contributed by atoms with Gasteiger partial charge < -0.3 is 5.73 Å². The average Bonchev–Trinajstić information content (AvgIpc) is 2.06. The molecule has 2 N–H and O–H groups in total. The van der Waals surface area contributed by atoms with Crippen LogP contribution in [0.15, 0.2) is 6.20 Å². The zero-order valence-corrected chi connectivity index (χ0v) is 7.71. The number of halogens is 2. The van der Waals surface area contributed by atoms with Gasteiger partial charge in [-0.1, -0.05) is 11.6 Å². The molecule has 2 heterocycles. The van der Waals surface area contributed by atoms with E-state index >= 15 is 0 Å². The first-order valence-corrected chi connectivity index (χ1v) is 4.03. The number of anilines is 1. The molecule has 2 aromatic rings. The summed E-state index contributed by atoms with van der Waals surface area (Å²) in [4.78, 5) is 15.2. The Labute approximate surface area is 82.9 Å². The van der Waals surface area contributed by atoms with Crippen molar-refractivity contribution < 1.29 is 0 Å². The Balaban J connectivity index is 2.87. The summed E-state index contributed by atoms with van der Waals surface area (Å²) in [6.07, 6.45) is 1.44. The van der Waals surface area contributed by atoms with Crippen molar-refractivity contribution >= 4 is 40.2 Å². The van der Waals surface area contributed by atoms with Crippen molar-refractivity contribution in [3.05, 3.63) is 16.6 Å². The van der Waals surface area contributed by atoms with Crippen molar-refractivity contribution in [1.29, 1.82) is 0 Å². The van der Waals surface area contributed by atoms with E-state index < -0.39 is 0 Å². The Kier molecular flexibility index (Phi) is 1.90.